The first-order valence-corrected chi connectivity index (χ1v) is 10.0. The van der Waals surface area contributed by atoms with E-state index in [4.69, 9.17) is 4.98 Å². The third-order valence-electron chi connectivity index (χ3n) is 4.27. The van der Waals surface area contributed by atoms with Crippen molar-refractivity contribution in [1.29, 1.82) is 5.26 Å². The van der Waals surface area contributed by atoms with E-state index in [1.165, 1.54) is 11.3 Å². The number of thiazole rings is 2. The van der Waals surface area contributed by atoms with Gasteiger partial charge in [-0.1, -0.05) is 42.5 Å². The van der Waals surface area contributed by atoms with Crippen molar-refractivity contribution < 1.29 is 0 Å². The molecule has 0 aliphatic carbocycles. The van der Waals surface area contributed by atoms with Gasteiger partial charge in [0.25, 0.3) is 0 Å². The molecule has 0 saturated heterocycles. The number of hydrogen-bond donors (Lipinski definition) is 0. The lowest BCUT2D eigenvalue weighted by molar-refractivity contribution is 1.21. The summed E-state index contributed by atoms with van der Waals surface area (Å²) in [5, 5.41) is 12.5. The van der Waals surface area contributed by atoms with Crippen LogP contribution in [0.3, 0.4) is 0 Å². The van der Waals surface area contributed by atoms with E-state index < -0.39 is 0 Å². The van der Waals surface area contributed by atoms with E-state index in [2.05, 4.69) is 11.1 Å². The Morgan fingerprint density at radius 1 is 1.04 bits per heavy atom. The Morgan fingerprint density at radius 3 is 2.67 bits per heavy atom. The van der Waals surface area contributed by atoms with E-state index in [-0.39, 0.29) is 0 Å². The number of benzene rings is 2. The number of imidazole rings is 1. The second-order valence-corrected chi connectivity index (χ2v) is 7.83. The van der Waals surface area contributed by atoms with Gasteiger partial charge in [-0.15, -0.1) is 22.7 Å². The van der Waals surface area contributed by atoms with Crippen LogP contribution in [0.15, 0.2) is 66.2 Å². The highest BCUT2D eigenvalue weighted by Gasteiger charge is 2.16. The largest absolute Gasteiger partial charge is 0.290 e. The fourth-order valence-corrected chi connectivity index (χ4v) is 4.67. The maximum absolute atomic E-state index is 9.81. The summed E-state index contributed by atoms with van der Waals surface area (Å²) in [5.41, 5.74) is 4.25. The van der Waals surface area contributed by atoms with Crippen LogP contribution in [0.2, 0.25) is 0 Å². The Bertz CT molecular complexity index is 1300. The van der Waals surface area contributed by atoms with Crippen LogP contribution in [-0.4, -0.2) is 14.4 Å². The molecule has 2 aromatic carbocycles. The van der Waals surface area contributed by atoms with E-state index in [0.717, 1.165) is 37.1 Å². The van der Waals surface area contributed by atoms with Crippen molar-refractivity contribution in [3.05, 3.63) is 76.9 Å². The van der Waals surface area contributed by atoms with Crippen LogP contribution in [0.5, 0.6) is 0 Å². The summed E-state index contributed by atoms with van der Waals surface area (Å²) in [7, 11) is 0. The van der Waals surface area contributed by atoms with Crippen LogP contribution in [0.4, 0.5) is 0 Å². The van der Waals surface area contributed by atoms with Crippen molar-refractivity contribution in [3.63, 3.8) is 0 Å². The molecule has 0 spiro atoms. The highest BCUT2D eigenvalue weighted by Crippen LogP contribution is 2.32. The number of fused-ring (bicyclic) bond motifs is 2. The lowest BCUT2D eigenvalue weighted by atomic mass is 10.1. The number of nitriles is 1. The molecular formula is C21H12N4S2. The Labute approximate surface area is 163 Å². The van der Waals surface area contributed by atoms with Gasteiger partial charge in [-0.2, -0.15) is 5.26 Å². The second-order valence-electron chi connectivity index (χ2n) is 5.92. The first-order chi connectivity index (χ1) is 13.3. The third kappa shape index (κ3) is 2.74. The summed E-state index contributed by atoms with van der Waals surface area (Å²) in [5.74, 6) is 0. The number of para-hydroxylation sites is 1. The zero-order valence-electron chi connectivity index (χ0n) is 14.0. The average molecular weight is 384 g/mol. The summed E-state index contributed by atoms with van der Waals surface area (Å²) in [6.07, 6.45) is 3.88. The molecule has 5 aromatic rings. The maximum atomic E-state index is 9.81. The monoisotopic (exact) mass is 384 g/mol. The molecule has 0 bridgehead atoms. The van der Waals surface area contributed by atoms with Crippen LogP contribution in [-0.2, 0) is 0 Å². The predicted octanol–water partition coefficient (Wildman–Crippen LogP) is 5.74. The smallest absolute Gasteiger partial charge is 0.194 e. The van der Waals surface area contributed by atoms with Gasteiger partial charge in [-0.05, 0) is 18.2 Å². The topological polar surface area (TPSA) is 54.0 Å². The second kappa shape index (κ2) is 6.47. The van der Waals surface area contributed by atoms with E-state index in [1.54, 1.807) is 11.3 Å². The molecule has 0 aliphatic rings. The molecule has 0 radical (unpaired) electrons. The fourth-order valence-electron chi connectivity index (χ4n) is 3.02. The Hall–Kier alpha value is -3.27. The Balaban J connectivity index is 1.72. The molecule has 0 aliphatic heterocycles. The minimum atomic E-state index is 0.543. The van der Waals surface area contributed by atoms with E-state index in [9.17, 15) is 5.26 Å². The molecule has 6 heteroatoms. The number of aromatic nitrogens is 3. The molecule has 0 N–H and O–H groups in total. The predicted molar refractivity (Wildman–Crippen MR) is 112 cm³/mol. The highest BCUT2D eigenvalue weighted by atomic mass is 32.1. The highest BCUT2D eigenvalue weighted by molar-refractivity contribution is 7.19. The van der Waals surface area contributed by atoms with Gasteiger partial charge in [0, 0.05) is 17.1 Å². The lowest BCUT2D eigenvalue weighted by Crippen LogP contribution is -1.88. The van der Waals surface area contributed by atoms with Gasteiger partial charge in [0.05, 0.1) is 27.2 Å². The Kier molecular flexibility index (Phi) is 3.82. The number of allylic oxidation sites excluding steroid dienone is 1. The molecule has 0 atom stereocenters. The molecule has 0 fully saturated rings. The summed E-state index contributed by atoms with van der Waals surface area (Å²) >= 11 is 3.11. The van der Waals surface area contributed by atoms with Crippen molar-refractivity contribution in [2.45, 2.75) is 0 Å². The minimum Gasteiger partial charge on any atom is -0.290 e. The van der Waals surface area contributed by atoms with E-state index in [0.29, 0.717) is 5.57 Å². The van der Waals surface area contributed by atoms with Crippen molar-refractivity contribution in [2.75, 3.05) is 0 Å². The molecule has 128 valence electrons. The zero-order valence-corrected chi connectivity index (χ0v) is 15.7. The molecule has 5 rings (SSSR count). The average Bonchev–Trinajstić information content (AvgIpc) is 3.41. The van der Waals surface area contributed by atoms with Crippen LogP contribution >= 0.6 is 22.7 Å². The molecule has 0 saturated carbocycles. The molecule has 3 aromatic heterocycles. The van der Waals surface area contributed by atoms with E-state index in [1.807, 2.05) is 76.7 Å². The summed E-state index contributed by atoms with van der Waals surface area (Å²) < 4.78 is 3.10. The maximum Gasteiger partial charge on any atom is 0.194 e. The van der Waals surface area contributed by atoms with Crippen molar-refractivity contribution in [2.24, 2.45) is 0 Å². The van der Waals surface area contributed by atoms with Crippen LogP contribution < -0.4 is 0 Å². The van der Waals surface area contributed by atoms with Crippen molar-refractivity contribution in [1.82, 2.24) is 14.4 Å². The molecule has 27 heavy (non-hydrogen) atoms. The van der Waals surface area contributed by atoms with Gasteiger partial charge in [-0.3, -0.25) is 4.40 Å². The molecule has 0 amide bonds. The molecular weight excluding hydrogens is 372 g/mol. The van der Waals surface area contributed by atoms with Gasteiger partial charge >= 0.3 is 0 Å². The third-order valence-corrected chi connectivity index (χ3v) is 6.10. The molecule has 4 nitrogen and oxygen atoms in total. The van der Waals surface area contributed by atoms with Gasteiger partial charge in [0.1, 0.15) is 11.1 Å². The summed E-state index contributed by atoms with van der Waals surface area (Å²) in [4.78, 5) is 10.3. The van der Waals surface area contributed by atoms with Crippen LogP contribution in [0.1, 0.15) is 10.7 Å². The minimum absolute atomic E-state index is 0.543. The van der Waals surface area contributed by atoms with Gasteiger partial charge in [0.2, 0.25) is 0 Å². The summed E-state index contributed by atoms with van der Waals surface area (Å²) in [6.45, 7) is 0. The molecule has 0 unspecified atom stereocenters. The van der Waals surface area contributed by atoms with E-state index >= 15 is 0 Å². The Morgan fingerprint density at radius 2 is 1.85 bits per heavy atom. The first kappa shape index (κ1) is 15.9. The normalized spacial score (nSPS) is 11.9. The van der Waals surface area contributed by atoms with Crippen LogP contribution in [0, 0.1) is 11.3 Å². The first-order valence-electron chi connectivity index (χ1n) is 8.32. The van der Waals surface area contributed by atoms with Crippen molar-refractivity contribution in [3.8, 4) is 17.3 Å². The number of nitrogens with zero attached hydrogens (tertiary/aromatic N) is 4. The van der Waals surface area contributed by atoms with Gasteiger partial charge in [-0.25, -0.2) is 9.97 Å². The quantitative estimate of drug-likeness (QED) is 0.373. The van der Waals surface area contributed by atoms with Gasteiger partial charge in [0.15, 0.2) is 4.96 Å². The molecule has 3 heterocycles. The SMILES string of the molecule is N#CC(=Cc1c(-c2ccccc2)nc2sccn12)c1nc2ccccc2s1. The fraction of sp³-hybridized carbons (Fsp3) is 0. The van der Waals surface area contributed by atoms with Crippen LogP contribution in [0.25, 0.3) is 38.1 Å². The standard InChI is InChI=1S/C21H12N4S2/c22-13-15(20-23-16-8-4-5-9-18(16)27-20)12-17-19(14-6-2-1-3-7-14)24-21-25(17)10-11-26-21/h1-12H. The van der Waals surface area contributed by atoms with Crippen molar-refractivity contribution >= 4 is 49.5 Å². The lowest BCUT2D eigenvalue weighted by Gasteiger charge is -2.01. The number of rotatable bonds is 3. The van der Waals surface area contributed by atoms with Gasteiger partial charge < -0.3 is 0 Å². The number of hydrogen-bond acceptors (Lipinski definition) is 5. The zero-order chi connectivity index (χ0) is 18.2. The summed E-state index contributed by atoms with van der Waals surface area (Å²) in [6, 6.07) is 20.3.